The van der Waals surface area contributed by atoms with Crippen LogP contribution in [-0.2, 0) is 32.7 Å². The Morgan fingerprint density at radius 3 is 2.49 bits per heavy atom. The van der Waals surface area contributed by atoms with Gasteiger partial charge in [0.15, 0.2) is 0 Å². The van der Waals surface area contributed by atoms with E-state index in [1.165, 1.54) is 10.7 Å². The van der Waals surface area contributed by atoms with Gasteiger partial charge >= 0.3 is 12.1 Å². The standard InChI is InChI=1S/C29H32FN7O6/c1-29(2,3)43-28(42)31-10-6-8-21-27-18(19-12-23-17(11-20(19)30)13-34-36(23)4)7-5-9-22(27)37(35-21)16-25(39)32-14-24(38)33-15-26(40)41/h5-9,11-13H,10,14-16H2,1-4H3,(H,31,42)(H,32,39)(H,33,38)(H,40,41)/b8-6+. The Balaban J connectivity index is 1.67. The smallest absolute Gasteiger partial charge is 0.407 e. The van der Waals surface area contributed by atoms with Crippen LogP contribution in [0.25, 0.3) is 39.0 Å². The maximum Gasteiger partial charge on any atom is 0.407 e. The molecule has 4 N–H and O–H groups in total. The number of rotatable bonds is 10. The van der Waals surface area contributed by atoms with Crippen LogP contribution in [0.4, 0.5) is 9.18 Å². The molecule has 226 valence electrons. The zero-order chi connectivity index (χ0) is 31.3. The molecule has 0 unspecified atom stereocenters. The fourth-order valence-electron chi connectivity index (χ4n) is 4.33. The molecule has 4 aromatic rings. The average molecular weight is 594 g/mol. The number of fused-ring (bicyclic) bond motifs is 2. The molecule has 0 aliphatic carbocycles. The summed E-state index contributed by atoms with van der Waals surface area (Å²) in [5, 5.41) is 25.9. The number of benzene rings is 2. The number of aliphatic carboxylic acids is 1. The SMILES string of the molecule is Cn1ncc2cc(F)c(-c3cccc4c3c(/C=C/CNC(=O)OC(C)(C)C)nn4CC(=O)NCC(=O)NCC(=O)O)cc21. The molecule has 2 heterocycles. The number of nitrogens with one attached hydrogen (secondary N) is 3. The fraction of sp³-hybridized carbons (Fsp3) is 0.310. The average Bonchev–Trinajstić information content (AvgIpc) is 3.46. The highest BCUT2D eigenvalue weighted by atomic mass is 19.1. The topological polar surface area (TPSA) is 169 Å². The molecular formula is C29H32FN7O6. The van der Waals surface area contributed by atoms with Crippen LogP contribution < -0.4 is 16.0 Å². The summed E-state index contributed by atoms with van der Waals surface area (Å²) in [5.74, 6) is -2.89. The number of hydrogen-bond donors (Lipinski definition) is 4. The molecule has 43 heavy (non-hydrogen) atoms. The summed E-state index contributed by atoms with van der Waals surface area (Å²) in [7, 11) is 1.76. The van der Waals surface area contributed by atoms with Crippen LogP contribution in [0.1, 0.15) is 26.5 Å². The zero-order valence-corrected chi connectivity index (χ0v) is 24.1. The van der Waals surface area contributed by atoms with Crippen LogP contribution in [0.3, 0.4) is 0 Å². The van der Waals surface area contributed by atoms with Gasteiger partial charge in [-0.1, -0.05) is 18.2 Å². The number of alkyl carbamates (subject to hydrolysis) is 1. The number of carbonyl (C=O) groups is 4. The summed E-state index contributed by atoms with van der Waals surface area (Å²) >= 11 is 0. The molecule has 13 nitrogen and oxygen atoms in total. The highest BCUT2D eigenvalue weighted by Gasteiger charge is 2.20. The van der Waals surface area contributed by atoms with Gasteiger partial charge in [-0.3, -0.25) is 23.7 Å². The molecule has 0 fully saturated rings. The molecule has 0 bridgehead atoms. The first-order valence-corrected chi connectivity index (χ1v) is 13.3. The van der Waals surface area contributed by atoms with Crippen LogP contribution in [0.2, 0.25) is 0 Å². The van der Waals surface area contributed by atoms with Crippen LogP contribution in [0.5, 0.6) is 0 Å². The van der Waals surface area contributed by atoms with Crippen LogP contribution in [0, 0.1) is 5.82 Å². The minimum absolute atomic E-state index is 0.118. The molecule has 0 radical (unpaired) electrons. The van der Waals surface area contributed by atoms with E-state index in [1.807, 2.05) is 0 Å². The van der Waals surface area contributed by atoms with Gasteiger partial charge in [0.25, 0.3) is 0 Å². The second-order valence-corrected chi connectivity index (χ2v) is 10.6. The third-order valence-corrected chi connectivity index (χ3v) is 6.15. The minimum Gasteiger partial charge on any atom is -0.480 e. The molecule has 0 saturated heterocycles. The molecule has 2 aromatic carbocycles. The lowest BCUT2D eigenvalue weighted by Gasteiger charge is -2.19. The monoisotopic (exact) mass is 593 g/mol. The number of aryl methyl sites for hydroxylation is 1. The molecule has 4 rings (SSSR count). The number of nitrogens with zero attached hydrogens (tertiary/aromatic N) is 4. The summed E-state index contributed by atoms with van der Waals surface area (Å²) in [5.41, 5.74) is 1.83. The normalized spacial score (nSPS) is 11.7. The van der Waals surface area contributed by atoms with Crippen LogP contribution in [0.15, 0.2) is 42.6 Å². The Morgan fingerprint density at radius 2 is 1.77 bits per heavy atom. The molecule has 0 aliphatic rings. The Hall–Kier alpha value is -5.27. The number of carboxylic acids is 1. The zero-order valence-electron chi connectivity index (χ0n) is 24.1. The van der Waals surface area contributed by atoms with Gasteiger partial charge in [0.1, 0.15) is 24.5 Å². The molecule has 0 atom stereocenters. The Kier molecular flexibility index (Phi) is 9.07. The van der Waals surface area contributed by atoms with Crippen molar-refractivity contribution in [2.45, 2.75) is 32.9 Å². The maximum absolute atomic E-state index is 15.4. The van der Waals surface area contributed by atoms with Crippen molar-refractivity contribution in [3.8, 4) is 11.1 Å². The fourth-order valence-corrected chi connectivity index (χ4v) is 4.33. The van der Waals surface area contributed by atoms with Gasteiger partial charge < -0.3 is 25.8 Å². The lowest BCUT2D eigenvalue weighted by molar-refractivity contribution is -0.137. The Morgan fingerprint density at radius 1 is 1.02 bits per heavy atom. The molecular weight excluding hydrogens is 561 g/mol. The number of carboxylic acid groups (broad SMARTS) is 1. The Bertz CT molecular complexity index is 1730. The maximum atomic E-state index is 15.4. The number of amides is 3. The lowest BCUT2D eigenvalue weighted by Crippen LogP contribution is -2.40. The number of hydrogen-bond acceptors (Lipinski definition) is 7. The highest BCUT2D eigenvalue weighted by molar-refractivity contribution is 6.02. The van der Waals surface area contributed by atoms with E-state index in [0.717, 1.165) is 5.52 Å². The highest BCUT2D eigenvalue weighted by Crippen LogP contribution is 2.35. The quantitative estimate of drug-likeness (QED) is 0.217. The number of ether oxygens (including phenoxy) is 1. The van der Waals surface area contributed by atoms with E-state index >= 15 is 4.39 Å². The summed E-state index contributed by atoms with van der Waals surface area (Å²) < 4.78 is 23.7. The van der Waals surface area contributed by atoms with Crippen molar-refractivity contribution in [1.82, 2.24) is 35.5 Å². The van der Waals surface area contributed by atoms with Crippen molar-refractivity contribution in [1.29, 1.82) is 0 Å². The number of carbonyl (C=O) groups excluding carboxylic acids is 3. The number of halogens is 1. The summed E-state index contributed by atoms with van der Waals surface area (Å²) in [6, 6.07) is 8.30. The van der Waals surface area contributed by atoms with Gasteiger partial charge in [-0.2, -0.15) is 10.2 Å². The van der Waals surface area contributed by atoms with Gasteiger partial charge in [-0.15, -0.1) is 0 Å². The van der Waals surface area contributed by atoms with Crippen molar-refractivity contribution < 1.29 is 33.4 Å². The van der Waals surface area contributed by atoms with E-state index in [-0.39, 0.29) is 13.1 Å². The van der Waals surface area contributed by atoms with E-state index in [4.69, 9.17) is 9.84 Å². The summed E-state index contributed by atoms with van der Waals surface area (Å²) in [4.78, 5) is 47.2. The largest absolute Gasteiger partial charge is 0.480 e. The second kappa shape index (κ2) is 12.7. The van der Waals surface area contributed by atoms with E-state index in [1.54, 1.807) is 75.1 Å². The lowest BCUT2D eigenvalue weighted by atomic mass is 9.98. The molecule has 0 spiro atoms. The van der Waals surface area contributed by atoms with Crippen molar-refractivity contribution in [3.63, 3.8) is 0 Å². The van der Waals surface area contributed by atoms with Crippen LogP contribution >= 0.6 is 0 Å². The predicted octanol–water partition coefficient (Wildman–Crippen LogP) is 2.58. The third-order valence-electron chi connectivity index (χ3n) is 6.15. The van der Waals surface area contributed by atoms with Crippen molar-refractivity contribution >= 4 is 51.8 Å². The minimum atomic E-state index is -1.21. The molecule has 14 heteroatoms. The van der Waals surface area contributed by atoms with Crippen molar-refractivity contribution in [2.75, 3.05) is 19.6 Å². The van der Waals surface area contributed by atoms with E-state index in [2.05, 4.69) is 26.1 Å². The van der Waals surface area contributed by atoms with E-state index in [9.17, 15) is 19.2 Å². The molecule has 0 aliphatic heterocycles. The second-order valence-electron chi connectivity index (χ2n) is 10.6. The summed E-state index contributed by atoms with van der Waals surface area (Å²) in [6.07, 6.45) is 4.29. The van der Waals surface area contributed by atoms with E-state index < -0.39 is 48.4 Å². The van der Waals surface area contributed by atoms with Gasteiger partial charge in [0, 0.05) is 29.9 Å². The van der Waals surface area contributed by atoms with Gasteiger partial charge in [0.2, 0.25) is 11.8 Å². The van der Waals surface area contributed by atoms with Crippen molar-refractivity contribution in [2.24, 2.45) is 7.05 Å². The van der Waals surface area contributed by atoms with Gasteiger partial charge in [-0.05, 0) is 50.6 Å². The molecule has 2 aromatic heterocycles. The first-order valence-electron chi connectivity index (χ1n) is 13.3. The molecule has 0 saturated carbocycles. The van der Waals surface area contributed by atoms with Crippen LogP contribution in [-0.4, -0.2) is 73.8 Å². The molecule has 3 amide bonds. The third kappa shape index (κ3) is 7.72. The van der Waals surface area contributed by atoms with Crippen molar-refractivity contribution in [3.05, 3.63) is 54.1 Å². The predicted molar refractivity (Wildman–Crippen MR) is 156 cm³/mol. The Labute approximate surface area is 245 Å². The van der Waals surface area contributed by atoms with E-state index in [0.29, 0.717) is 33.1 Å². The van der Waals surface area contributed by atoms with Gasteiger partial charge in [-0.25, -0.2) is 9.18 Å². The first-order chi connectivity index (χ1) is 20.3. The van der Waals surface area contributed by atoms with Gasteiger partial charge in [0.05, 0.1) is 29.5 Å². The number of aromatic nitrogens is 4. The summed E-state index contributed by atoms with van der Waals surface area (Å²) in [6.45, 7) is 4.11. The first kappa shape index (κ1) is 30.7.